The molecule has 1 amide bonds. The first-order valence-corrected chi connectivity index (χ1v) is 8.28. The van der Waals surface area contributed by atoms with Crippen LogP contribution in [0.2, 0.25) is 0 Å². The monoisotopic (exact) mass is 313 g/mol. The standard InChI is InChI=1S/C18H23N3O2/c1-2-14-5-7-15(8-6-14)12-19-18(22)17-11-16(23-20-17)13-21-9-3-4-10-21/h5-8,11H,2-4,9-10,12-13H2,1H3,(H,19,22). The van der Waals surface area contributed by atoms with Crippen LogP contribution in [0.5, 0.6) is 0 Å². The molecule has 2 heterocycles. The van der Waals surface area contributed by atoms with Crippen molar-refractivity contribution in [1.82, 2.24) is 15.4 Å². The highest BCUT2D eigenvalue weighted by molar-refractivity contribution is 5.92. The largest absolute Gasteiger partial charge is 0.359 e. The SMILES string of the molecule is CCc1ccc(CNC(=O)c2cc(CN3CCCC3)on2)cc1. The molecular formula is C18H23N3O2. The smallest absolute Gasteiger partial charge is 0.273 e. The number of nitrogens with zero attached hydrogens (tertiary/aromatic N) is 2. The molecule has 1 aromatic heterocycles. The van der Waals surface area contributed by atoms with E-state index in [4.69, 9.17) is 4.52 Å². The van der Waals surface area contributed by atoms with Crippen molar-refractivity contribution in [2.45, 2.75) is 39.3 Å². The van der Waals surface area contributed by atoms with E-state index in [0.717, 1.165) is 37.4 Å². The average Bonchev–Trinajstić information content (AvgIpc) is 3.25. The molecule has 5 heteroatoms. The molecule has 0 spiro atoms. The molecule has 122 valence electrons. The number of amides is 1. The highest BCUT2D eigenvalue weighted by Crippen LogP contribution is 2.13. The molecule has 0 bridgehead atoms. The van der Waals surface area contributed by atoms with Gasteiger partial charge in [-0.25, -0.2) is 0 Å². The van der Waals surface area contributed by atoms with Gasteiger partial charge in [-0.3, -0.25) is 9.69 Å². The summed E-state index contributed by atoms with van der Waals surface area (Å²) in [5.41, 5.74) is 2.73. The van der Waals surface area contributed by atoms with Crippen LogP contribution in [0, 0.1) is 0 Å². The van der Waals surface area contributed by atoms with Crippen LogP contribution in [-0.4, -0.2) is 29.1 Å². The Hall–Kier alpha value is -2.14. The van der Waals surface area contributed by atoms with Crippen molar-refractivity contribution in [1.29, 1.82) is 0 Å². The summed E-state index contributed by atoms with van der Waals surface area (Å²) in [6, 6.07) is 10.0. The van der Waals surface area contributed by atoms with E-state index in [1.807, 2.05) is 12.1 Å². The van der Waals surface area contributed by atoms with Gasteiger partial charge in [-0.2, -0.15) is 0 Å². The topological polar surface area (TPSA) is 58.4 Å². The van der Waals surface area contributed by atoms with Crippen molar-refractivity contribution < 1.29 is 9.32 Å². The first kappa shape index (κ1) is 15.7. The third-order valence-corrected chi connectivity index (χ3v) is 4.25. The molecule has 1 aliphatic rings. The predicted molar refractivity (Wildman–Crippen MR) is 88.0 cm³/mol. The van der Waals surface area contributed by atoms with Crippen LogP contribution in [0.1, 0.15) is 47.1 Å². The Morgan fingerprint density at radius 3 is 2.61 bits per heavy atom. The van der Waals surface area contributed by atoms with Crippen LogP contribution in [0.4, 0.5) is 0 Å². The summed E-state index contributed by atoms with van der Waals surface area (Å²) in [6.07, 6.45) is 3.49. The van der Waals surface area contributed by atoms with Crippen LogP contribution in [-0.2, 0) is 19.5 Å². The Morgan fingerprint density at radius 1 is 1.22 bits per heavy atom. The van der Waals surface area contributed by atoms with Crippen LogP contribution in [0.15, 0.2) is 34.9 Å². The fourth-order valence-corrected chi connectivity index (χ4v) is 2.82. The van der Waals surface area contributed by atoms with E-state index in [1.54, 1.807) is 6.07 Å². The lowest BCUT2D eigenvalue weighted by Crippen LogP contribution is -2.23. The van der Waals surface area contributed by atoms with E-state index in [2.05, 4.69) is 34.4 Å². The maximum absolute atomic E-state index is 12.1. The fraction of sp³-hybridized carbons (Fsp3) is 0.444. The predicted octanol–water partition coefficient (Wildman–Crippen LogP) is 2.76. The van der Waals surface area contributed by atoms with Gasteiger partial charge in [-0.05, 0) is 43.5 Å². The molecule has 5 nitrogen and oxygen atoms in total. The number of likely N-dealkylation sites (tertiary alicyclic amines) is 1. The molecule has 0 atom stereocenters. The summed E-state index contributed by atoms with van der Waals surface area (Å²) in [5, 5.41) is 6.77. The van der Waals surface area contributed by atoms with Gasteiger partial charge in [-0.15, -0.1) is 0 Å². The van der Waals surface area contributed by atoms with E-state index in [9.17, 15) is 4.79 Å². The Labute approximate surface area is 136 Å². The van der Waals surface area contributed by atoms with Gasteiger partial charge in [0.1, 0.15) is 0 Å². The van der Waals surface area contributed by atoms with Crippen molar-refractivity contribution in [3.05, 3.63) is 52.9 Å². The molecule has 1 aromatic carbocycles. The lowest BCUT2D eigenvalue weighted by atomic mass is 10.1. The van der Waals surface area contributed by atoms with Crippen LogP contribution < -0.4 is 5.32 Å². The number of carbonyl (C=O) groups excluding carboxylic acids is 1. The summed E-state index contributed by atoms with van der Waals surface area (Å²) in [6.45, 7) is 5.54. The minimum absolute atomic E-state index is 0.194. The Bertz CT molecular complexity index is 643. The van der Waals surface area contributed by atoms with Crippen LogP contribution in [0.3, 0.4) is 0 Å². The molecule has 0 saturated carbocycles. The zero-order valence-electron chi connectivity index (χ0n) is 13.5. The van der Waals surface area contributed by atoms with Gasteiger partial charge in [0.05, 0.1) is 6.54 Å². The molecule has 3 rings (SSSR count). The zero-order chi connectivity index (χ0) is 16.1. The molecule has 0 radical (unpaired) electrons. The number of benzene rings is 1. The number of aryl methyl sites for hydroxylation is 1. The van der Waals surface area contributed by atoms with Crippen LogP contribution >= 0.6 is 0 Å². The summed E-state index contributed by atoms with van der Waals surface area (Å²) >= 11 is 0. The summed E-state index contributed by atoms with van der Waals surface area (Å²) in [7, 11) is 0. The Balaban J connectivity index is 1.52. The average molecular weight is 313 g/mol. The number of aromatic nitrogens is 1. The van der Waals surface area contributed by atoms with Gasteiger partial charge >= 0.3 is 0 Å². The van der Waals surface area contributed by atoms with E-state index in [1.165, 1.54) is 18.4 Å². The van der Waals surface area contributed by atoms with Gasteiger partial charge < -0.3 is 9.84 Å². The molecule has 23 heavy (non-hydrogen) atoms. The first-order valence-electron chi connectivity index (χ1n) is 8.28. The van der Waals surface area contributed by atoms with Gasteiger partial charge in [0.15, 0.2) is 11.5 Å². The minimum atomic E-state index is -0.194. The minimum Gasteiger partial charge on any atom is -0.359 e. The Kier molecular flexibility index (Phi) is 5.08. The van der Waals surface area contributed by atoms with Gasteiger partial charge in [0.2, 0.25) is 0 Å². The second-order valence-corrected chi connectivity index (χ2v) is 6.01. The molecule has 2 aromatic rings. The van der Waals surface area contributed by atoms with E-state index >= 15 is 0 Å². The number of rotatable bonds is 6. The third kappa shape index (κ3) is 4.20. The van der Waals surface area contributed by atoms with Gasteiger partial charge in [-0.1, -0.05) is 36.3 Å². The lowest BCUT2D eigenvalue weighted by Gasteiger charge is -2.10. The van der Waals surface area contributed by atoms with Crippen molar-refractivity contribution in [2.75, 3.05) is 13.1 Å². The van der Waals surface area contributed by atoms with Crippen molar-refractivity contribution in [3.8, 4) is 0 Å². The van der Waals surface area contributed by atoms with Crippen molar-refractivity contribution in [2.24, 2.45) is 0 Å². The maximum atomic E-state index is 12.1. The fourth-order valence-electron chi connectivity index (χ4n) is 2.82. The second kappa shape index (κ2) is 7.42. The molecule has 1 saturated heterocycles. The number of nitrogens with one attached hydrogen (secondary N) is 1. The Morgan fingerprint density at radius 2 is 1.91 bits per heavy atom. The lowest BCUT2D eigenvalue weighted by molar-refractivity contribution is 0.0941. The number of carbonyl (C=O) groups is 1. The molecule has 0 unspecified atom stereocenters. The molecule has 1 fully saturated rings. The summed E-state index contributed by atoms with van der Waals surface area (Å²) < 4.78 is 5.28. The van der Waals surface area contributed by atoms with E-state index in [-0.39, 0.29) is 5.91 Å². The molecule has 1 N–H and O–H groups in total. The molecule has 1 aliphatic heterocycles. The third-order valence-electron chi connectivity index (χ3n) is 4.25. The summed E-state index contributed by atoms with van der Waals surface area (Å²) in [4.78, 5) is 14.5. The number of hydrogen-bond donors (Lipinski definition) is 1. The van der Waals surface area contributed by atoms with E-state index in [0.29, 0.717) is 12.2 Å². The first-order chi connectivity index (χ1) is 11.2. The van der Waals surface area contributed by atoms with E-state index < -0.39 is 0 Å². The quantitative estimate of drug-likeness (QED) is 0.891. The highest BCUT2D eigenvalue weighted by atomic mass is 16.5. The number of hydrogen-bond acceptors (Lipinski definition) is 4. The summed E-state index contributed by atoms with van der Waals surface area (Å²) in [5.74, 6) is 0.560. The maximum Gasteiger partial charge on any atom is 0.273 e. The molecule has 0 aliphatic carbocycles. The van der Waals surface area contributed by atoms with Crippen molar-refractivity contribution >= 4 is 5.91 Å². The highest BCUT2D eigenvalue weighted by Gasteiger charge is 2.17. The van der Waals surface area contributed by atoms with Crippen LogP contribution in [0.25, 0.3) is 0 Å². The van der Waals surface area contributed by atoms with Gasteiger partial charge in [0, 0.05) is 12.6 Å². The second-order valence-electron chi connectivity index (χ2n) is 6.01. The zero-order valence-corrected chi connectivity index (χ0v) is 13.5. The van der Waals surface area contributed by atoms with Crippen molar-refractivity contribution in [3.63, 3.8) is 0 Å². The normalized spacial score (nSPS) is 15.0. The molecular weight excluding hydrogens is 290 g/mol. The van der Waals surface area contributed by atoms with Gasteiger partial charge in [0.25, 0.3) is 5.91 Å².